The van der Waals surface area contributed by atoms with Gasteiger partial charge < -0.3 is 15.0 Å². The topological polar surface area (TPSA) is 95.0 Å². The molecule has 0 bridgehead atoms. The Morgan fingerprint density at radius 1 is 1.33 bits per heavy atom. The molecule has 0 saturated carbocycles. The Kier molecular flexibility index (Phi) is 6.66. The molecule has 2 rings (SSSR count). The zero-order valence-corrected chi connectivity index (χ0v) is 15.0. The summed E-state index contributed by atoms with van der Waals surface area (Å²) in [5, 5.41) is 11.7. The van der Waals surface area contributed by atoms with Crippen LogP contribution in [0.1, 0.15) is 28.8 Å². The summed E-state index contributed by atoms with van der Waals surface area (Å²) in [4.78, 5) is 26.3. The molecule has 2 N–H and O–H groups in total. The molecule has 27 heavy (non-hydrogen) atoms. The van der Waals surface area contributed by atoms with Crippen molar-refractivity contribution >= 4 is 5.91 Å². The summed E-state index contributed by atoms with van der Waals surface area (Å²) >= 11 is 0. The minimum atomic E-state index is -0.807. The molecule has 0 aliphatic rings. The normalized spacial score (nSPS) is 10.3. The third-order valence-electron chi connectivity index (χ3n) is 4.10. The van der Waals surface area contributed by atoms with Gasteiger partial charge in [0.05, 0.1) is 6.54 Å². The van der Waals surface area contributed by atoms with Gasteiger partial charge in [-0.15, -0.1) is 0 Å². The quantitative estimate of drug-likeness (QED) is 0.726. The molecule has 0 fully saturated rings. The van der Waals surface area contributed by atoms with E-state index in [2.05, 4.69) is 10.3 Å². The Morgan fingerprint density at radius 3 is 2.74 bits per heavy atom. The molecular weight excluding hydrogens is 356 g/mol. The van der Waals surface area contributed by atoms with Crippen LogP contribution in [0.2, 0.25) is 0 Å². The van der Waals surface area contributed by atoms with E-state index in [1.54, 1.807) is 13.8 Å². The molecule has 142 valence electrons. The van der Waals surface area contributed by atoms with Crippen LogP contribution in [0, 0.1) is 36.8 Å². The number of hydrogen-bond acceptors (Lipinski definition) is 4. The van der Waals surface area contributed by atoms with E-state index >= 15 is 0 Å². The van der Waals surface area contributed by atoms with Gasteiger partial charge in [-0.25, -0.2) is 8.78 Å². The van der Waals surface area contributed by atoms with E-state index in [0.717, 1.165) is 17.7 Å². The number of carbonyl (C=O) groups is 1. The number of rotatable bonds is 7. The Labute approximate surface area is 154 Å². The van der Waals surface area contributed by atoms with Crippen LogP contribution in [0.5, 0.6) is 5.75 Å². The number of H-pyrrole nitrogens is 1. The first-order valence-electron chi connectivity index (χ1n) is 8.30. The van der Waals surface area contributed by atoms with Crippen LogP contribution in [-0.4, -0.2) is 24.0 Å². The molecule has 0 atom stereocenters. The number of nitrogens with zero attached hydrogens (tertiary/aromatic N) is 1. The first-order valence-corrected chi connectivity index (χ1v) is 8.30. The third kappa shape index (κ3) is 5.14. The van der Waals surface area contributed by atoms with E-state index in [-0.39, 0.29) is 36.8 Å². The Hall–Kier alpha value is -3.21. The summed E-state index contributed by atoms with van der Waals surface area (Å²) in [6, 6.07) is 4.86. The summed E-state index contributed by atoms with van der Waals surface area (Å²) in [6.45, 7) is 3.58. The van der Waals surface area contributed by atoms with Gasteiger partial charge in [0.15, 0.2) is 11.6 Å². The van der Waals surface area contributed by atoms with Crippen molar-refractivity contribution in [1.29, 1.82) is 5.26 Å². The van der Waals surface area contributed by atoms with Gasteiger partial charge in [-0.05, 0) is 43.5 Å². The van der Waals surface area contributed by atoms with Crippen LogP contribution in [0.25, 0.3) is 0 Å². The summed E-state index contributed by atoms with van der Waals surface area (Å²) in [5.74, 6) is -1.84. The monoisotopic (exact) mass is 375 g/mol. The number of benzene rings is 1. The fraction of sp³-hybridized carbons (Fsp3) is 0.316. The van der Waals surface area contributed by atoms with E-state index in [1.165, 1.54) is 6.07 Å². The van der Waals surface area contributed by atoms with E-state index in [1.807, 2.05) is 6.07 Å². The Balaban J connectivity index is 1.83. The van der Waals surface area contributed by atoms with Crippen molar-refractivity contribution in [2.45, 2.75) is 26.7 Å². The summed E-state index contributed by atoms with van der Waals surface area (Å²) in [5.41, 5.74) is 1.56. The van der Waals surface area contributed by atoms with E-state index in [0.29, 0.717) is 17.7 Å². The van der Waals surface area contributed by atoms with Crippen molar-refractivity contribution < 1.29 is 18.3 Å². The number of carbonyl (C=O) groups excluding carboxylic acids is 1. The Bertz CT molecular complexity index is 948. The summed E-state index contributed by atoms with van der Waals surface area (Å²) in [7, 11) is 0. The lowest BCUT2D eigenvalue weighted by atomic mass is 9.99. The van der Waals surface area contributed by atoms with Crippen LogP contribution in [0.15, 0.2) is 23.0 Å². The van der Waals surface area contributed by atoms with Gasteiger partial charge in [-0.2, -0.15) is 5.26 Å². The lowest BCUT2D eigenvalue weighted by Gasteiger charge is -2.11. The van der Waals surface area contributed by atoms with Gasteiger partial charge in [-0.3, -0.25) is 9.59 Å². The maximum atomic E-state index is 13.4. The lowest BCUT2D eigenvalue weighted by molar-refractivity contribution is -0.121. The minimum absolute atomic E-state index is 0.0313. The Morgan fingerprint density at radius 2 is 2.07 bits per heavy atom. The van der Waals surface area contributed by atoms with Crippen molar-refractivity contribution in [2.75, 3.05) is 13.2 Å². The number of amides is 1. The smallest absolute Gasteiger partial charge is 0.266 e. The van der Waals surface area contributed by atoms with Crippen molar-refractivity contribution in [3.05, 3.63) is 62.6 Å². The molecule has 0 spiro atoms. The zero-order valence-electron chi connectivity index (χ0n) is 15.0. The minimum Gasteiger partial charge on any atom is -0.489 e. The highest BCUT2D eigenvalue weighted by Gasteiger charge is 2.13. The molecule has 1 aromatic heterocycles. The van der Waals surface area contributed by atoms with E-state index in [4.69, 9.17) is 10.00 Å². The molecule has 0 aliphatic heterocycles. The predicted molar refractivity (Wildman–Crippen MR) is 94.4 cm³/mol. The van der Waals surface area contributed by atoms with Gasteiger partial charge in [-0.1, -0.05) is 0 Å². The predicted octanol–water partition coefficient (Wildman–Crippen LogP) is 2.27. The number of aromatic nitrogens is 1. The third-order valence-corrected chi connectivity index (χ3v) is 4.10. The zero-order chi connectivity index (χ0) is 20.0. The number of hydrogen-bond donors (Lipinski definition) is 2. The first-order chi connectivity index (χ1) is 12.8. The molecule has 1 heterocycles. The lowest BCUT2D eigenvalue weighted by Crippen LogP contribution is -2.28. The van der Waals surface area contributed by atoms with Crippen molar-refractivity contribution in [1.82, 2.24) is 10.3 Å². The average molecular weight is 375 g/mol. The second-order valence-corrected chi connectivity index (χ2v) is 5.94. The fourth-order valence-electron chi connectivity index (χ4n) is 2.69. The first kappa shape index (κ1) is 20.1. The number of halogens is 2. The van der Waals surface area contributed by atoms with Crippen LogP contribution in [0.4, 0.5) is 8.78 Å². The van der Waals surface area contributed by atoms with Crippen LogP contribution < -0.4 is 15.6 Å². The molecule has 6 nitrogen and oxygen atoms in total. The van der Waals surface area contributed by atoms with Crippen molar-refractivity contribution in [3.8, 4) is 11.8 Å². The number of nitrogens with one attached hydrogen (secondary N) is 2. The molecule has 0 unspecified atom stereocenters. The number of ether oxygens (including phenoxy) is 1. The van der Waals surface area contributed by atoms with Gasteiger partial charge in [0.25, 0.3) is 5.56 Å². The number of aromatic amines is 1. The van der Waals surface area contributed by atoms with Crippen LogP contribution in [0.3, 0.4) is 0 Å². The highest BCUT2D eigenvalue weighted by atomic mass is 19.1. The van der Waals surface area contributed by atoms with Crippen molar-refractivity contribution in [3.63, 3.8) is 0 Å². The second-order valence-electron chi connectivity index (χ2n) is 5.94. The molecule has 0 aliphatic carbocycles. The molecule has 8 heteroatoms. The van der Waals surface area contributed by atoms with Gasteiger partial charge in [0.2, 0.25) is 5.91 Å². The molecule has 0 saturated heterocycles. The highest BCUT2D eigenvalue weighted by Crippen LogP contribution is 2.17. The largest absolute Gasteiger partial charge is 0.489 e. The van der Waals surface area contributed by atoms with Gasteiger partial charge in [0, 0.05) is 18.2 Å². The number of pyridine rings is 1. The van der Waals surface area contributed by atoms with E-state index in [9.17, 15) is 18.4 Å². The molecule has 2 aromatic rings. The molecule has 1 amide bonds. The molecule has 0 radical (unpaired) electrons. The number of nitriles is 1. The van der Waals surface area contributed by atoms with Crippen LogP contribution >= 0.6 is 0 Å². The maximum Gasteiger partial charge on any atom is 0.266 e. The summed E-state index contributed by atoms with van der Waals surface area (Å²) < 4.78 is 31.4. The highest BCUT2D eigenvalue weighted by molar-refractivity contribution is 5.76. The second kappa shape index (κ2) is 8.94. The van der Waals surface area contributed by atoms with Crippen LogP contribution in [-0.2, 0) is 11.2 Å². The fourth-order valence-corrected chi connectivity index (χ4v) is 2.69. The standard InChI is InChI=1S/C19H19F2N3O3/c1-11-14(12(2)24-19(26)15(11)10-22)4-6-18(25)23-7-8-27-17-5-3-13(20)9-16(17)21/h3,5,9H,4,6-8H2,1-2H3,(H,23,25)(H,24,26). The maximum absolute atomic E-state index is 13.4. The number of aryl methyl sites for hydroxylation is 1. The molecular formula is C19H19F2N3O3. The molecule has 1 aromatic carbocycles. The average Bonchev–Trinajstić information content (AvgIpc) is 2.60. The van der Waals surface area contributed by atoms with E-state index < -0.39 is 17.2 Å². The summed E-state index contributed by atoms with van der Waals surface area (Å²) in [6.07, 6.45) is 0.520. The van der Waals surface area contributed by atoms with Crippen molar-refractivity contribution in [2.24, 2.45) is 0 Å². The van der Waals surface area contributed by atoms with Gasteiger partial charge in [0.1, 0.15) is 24.1 Å². The van der Waals surface area contributed by atoms with Gasteiger partial charge >= 0.3 is 0 Å². The SMILES string of the molecule is Cc1[nH]c(=O)c(C#N)c(C)c1CCC(=O)NCCOc1ccc(F)cc1F.